The second kappa shape index (κ2) is 12.4. The standard InChI is InChI=1S/C25H26S5/c1-5-7-8-9-17-26-23-22(16-15-21-13-11-20(10-6-2)12-14-21)29-25(30-23)24-27-18(3)19(4)28-24/h11-14H,5,7-9,17H2,1-4H3. The van der Waals surface area contributed by atoms with Gasteiger partial charge in [-0.2, -0.15) is 0 Å². The molecule has 30 heavy (non-hydrogen) atoms. The Bertz CT molecular complexity index is 972. The van der Waals surface area contributed by atoms with Crippen LogP contribution in [0, 0.1) is 23.7 Å². The first-order valence-corrected chi connectivity index (χ1v) is 14.4. The van der Waals surface area contributed by atoms with Crippen LogP contribution in [0.1, 0.15) is 64.5 Å². The van der Waals surface area contributed by atoms with E-state index in [0.29, 0.717) is 0 Å². The van der Waals surface area contributed by atoms with Crippen molar-refractivity contribution >= 4 is 58.8 Å². The zero-order valence-electron chi connectivity index (χ0n) is 17.9. The smallest absolute Gasteiger partial charge is 0.0835 e. The summed E-state index contributed by atoms with van der Waals surface area (Å²) in [5, 5.41) is 0. The van der Waals surface area contributed by atoms with Crippen LogP contribution in [0.5, 0.6) is 0 Å². The van der Waals surface area contributed by atoms with Gasteiger partial charge in [0.15, 0.2) is 0 Å². The fourth-order valence-corrected chi connectivity index (χ4v) is 9.53. The summed E-state index contributed by atoms with van der Waals surface area (Å²) >= 11 is 9.59. The van der Waals surface area contributed by atoms with Gasteiger partial charge in [-0.25, -0.2) is 0 Å². The van der Waals surface area contributed by atoms with Gasteiger partial charge in [0.05, 0.1) is 17.6 Å². The van der Waals surface area contributed by atoms with Crippen LogP contribution in [-0.2, 0) is 0 Å². The Morgan fingerprint density at radius 1 is 0.767 bits per heavy atom. The van der Waals surface area contributed by atoms with E-state index in [2.05, 4.69) is 56.6 Å². The summed E-state index contributed by atoms with van der Waals surface area (Å²) in [7, 11) is 0. The molecule has 0 atom stereocenters. The van der Waals surface area contributed by atoms with E-state index in [0.717, 1.165) is 11.1 Å². The number of rotatable bonds is 6. The third-order valence-electron chi connectivity index (χ3n) is 4.43. The van der Waals surface area contributed by atoms with E-state index < -0.39 is 0 Å². The second-order valence-corrected chi connectivity index (χ2v) is 13.2. The van der Waals surface area contributed by atoms with Gasteiger partial charge in [-0.15, -0.1) is 17.7 Å². The molecule has 1 aromatic rings. The third kappa shape index (κ3) is 6.91. The molecule has 3 rings (SSSR count). The summed E-state index contributed by atoms with van der Waals surface area (Å²) < 4.78 is 4.20. The highest BCUT2D eigenvalue weighted by Gasteiger charge is 2.27. The van der Waals surface area contributed by atoms with E-state index in [1.54, 1.807) is 0 Å². The van der Waals surface area contributed by atoms with Gasteiger partial charge >= 0.3 is 0 Å². The van der Waals surface area contributed by atoms with Crippen LogP contribution < -0.4 is 0 Å². The van der Waals surface area contributed by atoms with E-state index >= 15 is 0 Å². The SMILES string of the molecule is CC#Cc1ccc(C#CC2=C(SCCCCCC)SC(=C3SC(C)=C(C)S3)S2)cc1. The van der Waals surface area contributed by atoms with Crippen molar-refractivity contribution in [3.05, 3.63) is 62.8 Å². The predicted octanol–water partition coefficient (Wildman–Crippen LogP) is 9.23. The van der Waals surface area contributed by atoms with Crippen molar-refractivity contribution in [1.29, 1.82) is 0 Å². The van der Waals surface area contributed by atoms with Crippen molar-refractivity contribution in [3.8, 4) is 23.7 Å². The highest BCUT2D eigenvalue weighted by Crippen LogP contribution is 2.61. The molecule has 0 amide bonds. The molecule has 2 aliphatic rings. The van der Waals surface area contributed by atoms with Gasteiger partial charge in [0, 0.05) is 11.1 Å². The maximum absolute atomic E-state index is 3.48. The lowest BCUT2D eigenvalue weighted by atomic mass is 10.1. The van der Waals surface area contributed by atoms with Crippen molar-refractivity contribution in [2.45, 2.75) is 53.4 Å². The highest BCUT2D eigenvalue weighted by molar-refractivity contribution is 8.38. The molecule has 5 heteroatoms. The minimum atomic E-state index is 1.04. The molecule has 0 saturated carbocycles. The highest BCUT2D eigenvalue weighted by atomic mass is 32.2. The number of hydrogen-bond acceptors (Lipinski definition) is 5. The number of benzene rings is 1. The first-order valence-electron chi connectivity index (χ1n) is 10.2. The Balaban J connectivity index is 1.75. The summed E-state index contributed by atoms with van der Waals surface area (Å²) in [5.41, 5.74) is 2.08. The first-order chi connectivity index (χ1) is 14.6. The summed E-state index contributed by atoms with van der Waals surface area (Å²) in [6.07, 6.45) is 5.22. The van der Waals surface area contributed by atoms with Gasteiger partial charge < -0.3 is 0 Å². The lowest BCUT2D eigenvalue weighted by Gasteiger charge is -2.03. The largest absolute Gasteiger partial charge is 0.117 e. The molecule has 0 radical (unpaired) electrons. The van der Waals surface area contributed by atoms with E-state index in [9.17, 15) is 0 Å². The van der Waals surface area contributed by atoms with Crippen molar-refractivity contribution in [2.75, 3.05) is 5.75 Å². The molecular formula is C25H26S5. The minimum Gasteiger partial charge on any atom is -0.117 e. The molecule has 0 N–H and O–H groups in total. The minimum absolute atomic E-state index is 1.04. The van der Waals surface area contributed by atoms with Gasteiger partial charge in [-0.05, 0) is 67.0 Å². The van der Waals surface area contributed by atoms with Crippen LogP contribution in [0.3, 0.4) is 0 Å². The molecule has 0 spiro atoms. The Morgan fingerprint density at radius 2 is 1.40 bits per heavy atom. The van der Waals surface area contributed by atoms with Crippen LogP contribution in [-0.4, -0.2) is 5.75 Å². The van der Waals surface area contributed by atoms with Gasteiger partial charge in [-0.3, -0.25) is 0 Å². The Hall–Kier alpha value is -0.690. The van der Waals surface area contributed by atoms with E-state index in [-0.39, 0.29) is 0 Å². The molecule has 0 bridgehead atoms. The van der Waals surface area contributed by atoms with Crippen LogP contribution in [0.25, 0.3) is 0 Å². The molecule has 0 saturated heterocycles. The maximum atomic E-state index is 3.48. The fourth-order valence-electron chi connectivity index (χ4n) is 2.67. The zero-order valence-corrected chi connectivity index (χ0v) is 22.0. The summed E-state index contributed by atoms with van der Waals surface area (Å²) in [6.45, 7) is 8.56. The molecule has 1 aromatic carbocycles. The zero-order chi connectivity index (χ0) is 21.3. The average Bonchev–Trinajstić information content (AvgIpc) is 3.30. The quantitative estimate of drug-likeness (QED) is 0.289. The first kappa shape index (κ1) is 24.0. The molecule has 0 nitrogen and oxygen atoms in total. The Kier molecular flexibility index (Phi) is 9.88. The lowest BCUT2D eigenvalue weighted by Crippen LogP contribution is -1.81. The predicted molar refractivity (Wildman–Crippen MR) is 145 cm³/mol. The number of thioether (sulfide) groups is 5. The molecule has 2 heterocycles. The number of unbranched alkanes of at least 4 members (excludes halogenated alkanes) is 3. The van der Waals surface area contributed by atoms with Gasteiger partial charge in [-0.1, -0.05) is 91.0 Å². The normalized spacial score (nSPS) is 16.0. The van der Waals surface area contributed by atoms with E-state index in [4.69, 9.17) is 0 Å². The topological polar surface area (TPSA) is 0 Å². The van der Waals surface area contributed by atoms with Crippen LogP contribution in [0.15, 0.2) is 51.7 Å². The Labute approximate surface area is 203 Å². The Morgan fingerprint density at radius 3 is 2.03 bits per heavy atom. The van der Waals surface area contributed by atoms with Crippen LogP contribution in [0.2, 0.25) is 0 Å². The van der Waals surface area contributed by atoms with E-state index in [1.165, 1.54) is 58.9 Å². The van der Waals surface area contributed by atoms with E-state index in [1.807, 2.05) is 77.9 Å². The van der Waals surface area contributed by atoms with Gasteiger partial charge in [0.1, 0.15) is 0 Å². The van der Waals surface area contributed by atoms with Crippen molar-refractivity contribution in [2.24, 2.45) is 0 Å². The van der Waals surface area contributed by atoms with Gasteiger partial charge in [0.25, 0.3) is 0 Å². The summed E-state index contributed by atoms with van der Waals surface area (Å²) in [4.78, 5) is 4.06. The van der Waals surface area contributed by atoms with Crippen LogP contribution >= 0.6 is 58.8 Å². The van der Waals surface area contributed by atoms with Crippen molar-refractivity contribution < 1.29 is 0 Å². The molecule has 0 aromatic heterocycles. The monoisotopic (exact) mass is 486 g/mol. The van der Waals surface area contributed by atoms with Crippen molar-refractivity contribution in [3.63, 3.8) is 0 Å². The number of allylic oxidation sites excluding steroid dienone is 3. The maximum Gasteiger partial charge on any atom is 0.0835 e. The summed E-state index contributed by atoms with van der Waals surface area (Å²) in [6, 6.07) is 8.23. The lowest BCUT2D eigenvalue weighted by molar-refractivity contribution is 0.707. The average molecular weight is 487 g/mol. The fraction of sp³-hybridized carbons (Fsp3) is 0.360. The molecule has 156 valence electrons. The van der Waals surface area contributed by atoms with Gasteiger partial charge in [0.2, 0.25) is 0 Å². The third-order valence-corrected chi connectivity index (χ3v) is 11.6. The molecule has 0 fully saturated rings. The molecule has 2 aliphatic heterocycles. The molecule has 0 aliphatic carbocycles. The van der Waals surface area contributed by atoms with Crippen molar-refractivity contribution in [1.82, 2.24) is 0 Å². The molecule has 0 unspecified atom stereocenters. The summed E-state index contributed by atoms with van der Waals surface area (Å²) in [5.74, 6) is 14.1. The second-order valence-electron chi connectivity index (χ2n) is 6.82. The van der Waals surface area contributed by atoms with Crippen LogP contribution in [0.4, 0.5) is 0 Å². The number of hydrogen-bond donors (Lipinski definition) is 0. The molecular weight excluding hydrogens is 461 g/mol.